The predicted molar refractivity (Wildman–Crippen MR) is 76.6 cm³/mol. The summed E-state index contributed by atoms with van der Waals surface area (Å²) in [6.45, 7) is 0. The maximum atomic E-state index is 9.54. The maximum absolute atomic E-state index is 9.54. The Morgan fingerprint density at radius 3 is 2.26 bits per heavy atom. The largest absolute Gasteiger partial charge is 0.494 e. The van der Waals surface area contributed by atoms with Crippen LogP contribution in [0.1, 0.15) is 44.8 Å². The van der Waals surface area contributed by atoms with Crippen LogP contribution in [0.2, 0.25) is 0 Å². The lowest BCUT2D eigenvalue weighted by Gasteiger charge is -2.17. The van der Waals surface area contributed by atoms with Gasteiger partial charge in [-0.15, -0.1) is 0 Å². The minimum atomic E-state index is -0.735. The minimum Gasteiger partial charge on any atom is -0.494 e. The Bertz CT molecular complexity index is 337. The van der Waals surface area contributed by atoms with E-state index >= 15 is 0 Å². The van der Waals surface area contributed by atoms with Gasteiger partial charge in [0, 0.05) is 12.1 Å². The molecule has 0 saturated carbocycles. The van der Waals surface area contributed by atoms with Gasteiger partial charge in [0.05, 0.1) is 0 Å². The highest BCUT2D eigenvalue weighted by molar-refractivity contribution is 7.98. The monoisotopic (exact) mass is 289 g/mol. The summed E-state index contributed by atoms with van der Waals surface area (Å²) in [6.07, 6.45) is 7.46. The van der Waals surface area contributed by atoms with Crippen LogP contribution in [0.3, 0.4) is 0 Å². The molecule has 0 radical (unpaired) electrons. The van der Waals surface area contributed by atoms with Crippen LogP contribution in [-0.2, 0) is 4.89 Å². The Morgan fingerprint density at radius 2 is 1.68 bits per heavy atom. The average Bonchev–Trinajstić information content (AvgIpc) is 2.73. The Balaban J connectivity index is 2.26. The summed E-state index contributed by atoms with van der Waals surface area (Å²) < 4.78 is 1.17. The zero-order valence-corrected chi connectivity index (χ0v) is 12.1. The summed E-state index contributed by atoms with van der Waals surface area (Å²) in [7, 11) is 0. The molecule has 0 saturated heterocycles. The van der Waals surface area contributed by atoms with Gasteiger partial charge in [0.2, 0.25) is 0 Å². The summed E-state index contributed by atoms with van der Waals surface area (Å²) in [6, 6.07) is 2.73. The van der Waals surface area contributed by atoms with E-state index in [9.17, 15) is 10.2 Å². The molecule has 1 atom stereocenters. The van der Waals surface area contributed by atoms with Crippen LogP contribution < -0.4 is 0 Å². The second-order valence-corrected chi connectivity index (χ2v) is 5.51. The van der Waals surface area contributed by atoms with E-state index in [0.717, 1.165) is 19.3 Å². The van der Waals surface area contributed by atoms with Crippen molar-refractivity contribution in [2.75, 3.05) is 12.0 Å². The Kier molecular flexibility index (Phi) is 7.78. The third-order valence-electron chi connectivity index (χ3n) is 3.08. The van der Waals surface area contributed by atoms with Crippen molar-refractivity contribution >= 4 is 11.8 Å². The van der Waals surface area contributed by atoms with Gasteiger partial charge in [-0.25, -0.2) is 10.1 Å². The summed E-state index contributed by atoms with van der Waals surface area (Å²) in [5, 5.41) is 28.0. The van der Waals surface area contributed by atoms with E-state index < -0.39 is 6.23 Å². The van der Waals surface area contributed by atoms with E-state index in [-0.39, 0.29) is 11.8 Å². The summed E-state index contributed by atoms with van der Waals surface area (Å²) in [5.74, 6) is 0.973. The van der Waals surface area contributed by atoms with Crippen molar-refractivity contribution in [3.05, 3.63) is 12.1 Å². The molecule has 0 aromatic carbocycles. The first-order valence-corrected chi connectivity index (χ1v) is 7.98. The fourth-order valence-electron chi connectivity index (χ4n) is 2.05. The number of hydrogen-bond acceptors (Lipinski definition) is 5. The average molecular weight is 289 g/mol. The molecule has 0 bridgehead atoms. The number of unbranched alkanes of at least 4 members (excludes halogenated alkanes) is 4. The highest BCUT2D eigenvalue weighted by Gasteiger charge is 2.17. The molecule has 6 heteroatoms. The quantitative estimate of drug-likeness (QED) is 0.349. The van der Waals surface area contributed by atoms with E-state index in [1.165, 1.54) is 35.3 Å². The smallest absolute Gasteiger partial charge is 0.196 e. The van der Waals surface area contributed by atoms with Gasteiger partial charge in [0.1, 0.15) is 0 Å². The number of nitrogens with zero attached hydrogens (tertiary/aromatic N) is 1. The van der Waals surface area contributed by atoms with E-state index in [0.29, 0.717) is 6.42 Å². The molecule has 0 aliphatic carbocycles. The summed E-state index contributed by atoms with van der Waals surface area (Å²) >= 11 is 1.86. The molecule has 1 aromatic rings. The first-order valence-electron chi connectivity index (χ1n) is 6.59. The van der Waals surface area contributed by atoms with Crippen LogP contribution in [0.4, 0.5) is 0 Å². The van der Waals surface area contributed by atoms with Crippen molar-refractivity contribution in [3.63, 3.8) is 0 Å². The van der Waals surface area contributed by atoms with Crippen LogP contribution >= 0.6 is 11.8 Å². The zero-order valence-electron chi connectivity index (χ0n) is 11.3. The van der Waals surface area contributed by atoms with Crippen molar-refractivity contribution < 1.29 is 20.4 Å². The predicted octanol–water partition coefficient (Wildman–Crippen LogP) is 3.59. The van der Waals surface area contributed by atoms with E-state index in [1.54, 1.807) is 0 Å². The molecule has 5 nitrogen and oxygen atoms in total. The van der Waals surface area contributed by atoms with Crippen LogP contribution in [0.5, 0.6) is 11.8 Å². The molecule has 0 amide bonds. The van der Waals surface area contributed by atoms with Crippen molar-refractivity contribution in [3.8, 4) is 11.8 Å². The number of aromatic hydroxyl groups is 2. The molecule has 0 fully saturated rings. The standard InChI is InChI=1S/C13H23NO4S/c1-19-10-6-4-2-3-5-7-13(18-17)14-11(15)8-9-12(14)16/h8-9,13,15-17H,2-7,10H2,1H3. The van der Waals surface area contributed by atoms with Gasteiger partial charge in [-0.2, -0.15) is 11.8 Å². The van der Waals surface area contributed by atoms with Crippen molar-refractivity contribution in [2.45, 2.75) is 44.8 Å². The molecule has 1 aromatic heterocycles. The summed E-state index contributed by atoms with van der Waals surface area (Å²) in [5.41, 5.74) is 0. The van der Waals surface area contributed by atoms with Crippen molar-refractivity contribution in [1.82, 2.24) is 4.57 Å². The molecule has 1 heterocycles. The van der Waals surface area contributed by atoms with Gasteiger partial charge < -0.3 is 10.2 Å². The SMILES string of the molecule is CSCCCCCCCC(OO)n1c(O)ccc1O. The minimum absolute atomic E-state index is 0.114. The van der Waals surface area contributed by atoms with Crippen molar-refractivity contribution in [1.29, 1.82) is 0 Å². The Hall–Kier alpha value is -0.850. The number of hydrogen-bond donors (Lipinski definition) is 3. The second-order valence-electron chi connectivity index (χ2n) is 4.53. The maximum Gasteiger partial charge on any atom is 0.196 e. The van der Waals surface area contributed by atoms with Crippen LogP contribution in [0.25, 0.3) is 0 Å². The zero-order chi connectivity index (χ0) is 14.1. The first kappa shape index (κ1) is 16.2. The Morgan fingerprint density at radius 1 is 1.11 bits per heavy atom. The molecule has 3 N–H and O–H groups in total. The molecule has 1 rings (SSSR count). The third-order valence-corrected chi connectivity index (χ3v) is 3.78. The summed E-state index contributed by atoms with van der Waals surface area (Å²) in [4.78, 5) is 4.34. The highest BCUT2D eigenvalue weighted by atomic mass is 32.2. The number of thioether (sulfide) groups is 1. The normalized spacial score (nSPS) is 12.7. The van der Waals surface area contributed by atoms with Crippen LogP contribution in [-0.4, -0.2) is 32.0 Å². The first-order chi connectivity index (χ1) is 9.20. The molecule has 1 unspecified atom stereocenters. The molecule has 0 aliphatic heterocycles. The van der Waals surface area contributed by atoms with Gasteiger partial charge in [0.25, 0.3) is 0 Å². The van der Waals surface area contributed by atoms with Crippen LogP contribution in [0, 0.1) is 0 Å². The lowest BCUT2D eigenvalue weighted by molar-refractivity contribution is -0.304. The molecule has 0 aliphatic rings. The van der Waals surface area contributed by atoms with E-state index in [1.807, 2.05) is 11.8 Å². The highest BCUT2D eigenvalue weighted by Crippen LogP contribution is 2.29. The lowest BCUT2D eigenvalue weighted by Crippen LogP contribution is -2.10. The van der Waals surface area contributed by atoms with E-state index in [4.69, 9.17) is 5.26 Å². The number of rotatable bonds is 10. The lowest BCUT2D eigenvalue weighted by atomic mass is 10.1. The molecular formula is C13H23NO4S. The fraction of sp³-hybridized carbons (Fsp3) is 0.692. The number of aromatic nitrogens is 1. The van der Waals surface area contributed by atoms with Crippen molar-refractivity contribution in [2.24, 2.45) is 0 Å². The van der Waals surface area contributed by atoms with Gasteiger partial charge in [-0.1, -0.05) is 19.3 Å². The molecular weight excluding hydrogens is 266 g/mol. The van der Waals surface area contributed by atoms with Gasteiger partial charge in [-0.05, 0) is 31.3 Å². The van der Waals surface area contributed by atoms with E-state index in [2.05, 4.69) is 11.1 Å². The molecule has 110 valence electrons. The van der Waals surface area contributed by atoms with Crippen LogP contribution in [0.15, 0.2) is 12.1 Å². The molecule has 0 spiro atoms. The van der Waals surface area contributed by atoms with Gasteiger partial charge in [-0.3, -0.25) is 4.57 Å². The topological polar surface area (TPSA) is 74.9 Å². The third kappa shape index (κ3) is 5.34. The fourth-order valence-corrected chi connectivity index (χ4v) is 2.54. The van der Waals surface area contributed by atoms with Gasteiger partial charge in [0.15, 0.2) is 18.0 Å². The Labute approximate surface area is 118 Å². The molecule has 19 heavy (non-hydrogen) atoms. The second kappa shape index (κ2) is 9.12. The van der Waals surface area contributed by atoms with Gasteiger partial charge >= 0.3 is 0 Å².